The lowest BCUT2D eigenvalue weighted by atomic mass is 9.82. The summed E-state index contributed by atoms with van der Waals surface area (Å²) in [6, 6.07) is 1.81. The zero-order valence-electron chi connectivity index (χ0n) is 12.4. The van der Waals surface area contributed by atoms with Gasteiger partial charge in [-0.2, -0.15) is 8.42 Å². The summed E-state index contributed by atoms with van der Waals surface area (Å²) in [4.78, 5) is 4.03. The third kappa shape index (κ3) is 4.63. The largest absolute Gasteiger partial charge is 0.485 e. The van der Waals surface area contributed by atoms with E-state index in [1.54, 1.807) is 12.4 Å². The highest BCUT2D eigenvalue weighted by Crippen LogP contribution is 2.39. The van der Waals surface area contributed by atoms with Crippen molar-refractivity contribution in [2.24, 2.45) is 5.73 Å². The van der Waals surface area contributed by atoms with Gasteiger partial charge in [-0.25, -0.2) is 0 Å². The summed E-state index contributed by atoms with van der Waals surface area (Å²) in [7, 11) is -3.66. The zero-order valence-corrected chi connectivity index (χ0v) is 13.2. The fourth-order valence-electron chi connectivity index (χ4n) is 2.02. The van der Waals surface area contributed by atoms with Gasteiger partial charge in [0, 0.05) is 30.4 Å². The van der Waals surface area contributed by atoms with Crippen molar-refractivity contribution in [1.29, 1.82) is 0 Å². The average molecular weight is 318 g/mol. The first kappa shape index (κ1) is 17.8. The molecule has 0 saturated carbocycles. The van der Waals surface area contributed by atoms with Gasteiger partial charge >= 0.3 is 0 Å². The van der Waals surface area contributed by atoms with E-state index in [2.05, 4.69) is 4.98 Å². The zero-order chi connectivity index (χ0) is 16.3. The summed E-state index contributed by atoms with van der Waals surface area (Å²) in [6.07, 6.45) is 2.80. The van der Waals surface area contributed by atoms with E-state index in [4.69, 9.17) is 15.0 Å². The second-order valence-electron chi connectivity index (χ2n) is 5.28. The van der Waals surface area contributed by atoms with Crippen molar-refractivity contribution in [1.82, 2.24) is 4.98 Å². The number of aliphatic hydroxyl groups excluding tert-OH is 1. The van der Waals surface area contributed by atoms with Crippen LogP contribution in [0.3, 0.4) is 0 Å². The normalized spacial score (nSPS) is 23.3. The maximum atomic E-state index is 10.1. The second-order valence-corrected chi connectivity index (χ2v) is 7.02. The molecule has 2 heterocycles. The molecule has 1 aliphatic rings. The quantitative estimate of drug-likeness (QED) is 0.680. The third-order valence-corrected chi connectivity index (χ3v) is 4.02. The van der Waals surface area contributed by atoms with Gasteiger partial charge in [0.1, 0.15) is 17.5 Å². The molecule has 120 valence electrons. The molecule has 2 unspecified atom stereocenters. The Morgan fingerprint density at radius 1 is 1.48 bits per heavy atom. The number of fused-ring (bicyclic) bond motifs is 1. The number of aromatic nitrogens is 1. The van der Waals surface area contributed by atoms with Crippen LogP contribution in [0.1, 0.15) is 32.3 Å². The van der Waals surface area contributed by atoms with E-state index in [1.807, 2.05) is 19.9 Å². The van der Waals surface area contributed by atoms with E-state index < -0.39 is 21.8 Å². The van der Waals surface area contributed by atoms with Crippen LogP contribution in [0, 0.1) is 0 Å². The Labute approximate surface area is 124 Å². The van der Waals surface area contributed by atoms with Crippen LogP contribution >= 0.6 is 0 Å². The molecule has 0 spiro atoms. The number of aliphatic hydroxyl groups is 1. The highest BCUT2D eigenvalue weighted by Gasteiger charge is 2.42. The lowest BCUT2D eigenvalue weighted by Gasteiger charge is -2.41. The molecule has 0 aliphatic carbocycles. The number of nitrogens with two attached hydrogens (primary N) is 1. The smallest absolute Gasteiger partial charge is 0.264 e. The minimum Gasteiger partial charge on any atom is -0.485 e. The van der Waals surface area contributed by atoms with Gasteiger partial charge < -0.3 is 15.6 Å². The molecular weight excluding hydrogens is 296 g/mol. The van der Waals surface area contributed by atoms with Crippen molar-refractivity contribution in [2.75, 3.05) is 12.3 Å². The molecule has 1 aromatic heterocycles. The number of pyridine rings is 1. The predicted molar refractivity (Wildman–Crippen MR) is 78.8 cm³/mol. The highest BCUT2D eigenvalue weighted by molar-refractivity contribution is 7.85. The van der Waals surface area contributed by atoms with Crippen LogP contribution in [0.15, 0.2) is 18.5 Å². The van der Waals surface area contributed by atoms with Gasteiger partial charge in [0.05, 0.1) is 5.75 Å². The first-order valence-electron chi connectivity index (χ1n) is 6.58. The van der Waals surface area contributed by atoms with Crippen molar-refractivity contribution < 1.29 is 22.8 Å². The number of hydrogen-bond donors (Lipinski definition) is 3. The molecule has 7 nitrogen and oxygen atoms in total. The SMILES string of the molecule is CC1(C)Oc2ccncc2C(CN)C1O.CCS(=O)(=O)O. The highest BCUT2D eigenvalue weighted by atomic mass is 32.2. The Morgan fingerprint density at radius 3 is 2.52 bits per heavy atom. The third-order valence-electron chi connectivity index (χ3n) is 3.29. The van der Waals surface area contributed by atoms with Gasteiger partial charge in [0.15, 0.2) is 0 Å². The molecule has 8 heteroatoms. The van der Waals surface area contributed by atoms with Gasteiger partial charge in [-0.15, -0.1) is 0 Å². The van der Waals surface area contributed by atoms with E-state index in [-0.39, 0.29) is 11.7 Å². The maximum absolute atomic E-state index is 10.1. The molecule has 2 rings (SSSR count). The molecule has 21 heavy (non-hydrogen) atoms. The summed E-state index contributed by atoms with van der Waals surface area (Å²) in [5, 5.41) is 10.1. The first-order valence-corrected chi connectivity index (χ1v) is 8.19. The minimum absolute atomic E-state index is 0.0996. The Hall–Kier alpha value is -1.22. The molecule has 0 amide bonds. The lowest BCUT2D eigenvalue weighted by molar-refractivity contribution is -0.0567. The van der Waals surface area contributed by atoms with Crippen LogP contribution in [0.4, 0.5) is 0 Å². The molecular formula is C13H22N2O5S. The number of hydrogen-bond acceptors (Lipinski definition) is 6. The topological polar surface area (TPSA) is 123 Å². The van der Waals surface area contributed by atoms with Crippen LogP contribution in [-0.4, -0.2) is 47.1 Å². The maximum Gasteiger partial charge on any atom is 0.264 e. The summed E-state index contributed by atoms with van der Waals surface area (Å²) in [6.45, 7) is 5.50. The molecule has 0 radical (unpaired) electrons. The second kappa shape index (κ2) is 6.69. The van der Waals surface area contributed by atoms with Crippen molar-refractivity contribution in [3.8, 4) is 5.75 Å². The van der Waals surface area contributed by atoms with Crippen LogP contribution in [-0.2, 0) is 10.1 Å². The molecule has 0 bridgehead atoms. The number of ether oxygens (including phenoxy) is 1. The molecule has 1 aliphatic heterocycles. The summed E-state index contributed by atoms with van der Waals surface area (Å²) in [5.41, 5.74) is 5.98. The Morgan fingerprint density at radius 2 is 2.05 bits per heavy atom. The molecule has 0 aromatic carbocycles. The fourth-order valence-corrected chi connectivity index (χ4v) is 2.02. The molecule has 0 fully saturated rings. The number of nitrogens with zero attached hydrogens (tertiary/aromatic N) is 1. The van der Waals surface area contributed by atoms with E-state index >= 15 is 0 Å². The molecule has 1 aromatic rings. The average Bonchev–Trinajstić information content (AvgIpc) is 2.40. The summed E-state index contributed by atoms with van der Waals surface area (Å²) >= 11 is 0. The standard InChI is InChI=1S/C11H16N2O2.C2H6O3S/c1-11(2)10(14)7(5-12)8-6-13-4-3-9(8)15-11;1-2-6(3,4)5/h3-4,6-7,10,14H,5,12H2,1-2H3;2H2,1H3,(H,3,4,5). The van der Waals surface area contributed by atoms with E-state index in [1.165, 1.54) is 6.92 Å². The Balaban J connectivity index is 0.000000315. The lowest BCUT2D eigenvalue weighted by Crippen LogP contribution is -2.50. The van der Waals surface area contributed by atoms with Crippen LogP contribution in [0.2, 0.25) is 0 Å². The van der Waals surface area contributed by atoms with Crippen molar-refractivity contribution in [2.45, 2.75) is 38.4 Å². The van der Waals surface area contributed by atoms with Crippen molar-refractivity contribution >= 4 is 10.1 Å². The fraction of sp³-hybridized carbons (Fsp3) is 0.615. The van der Waals surface area contributed by atoms with Crippen molar-refractivity contribution in [3.05, 3.63) is 24.0 Å². The number of rotatable bonds is 2. The minimum atomic E-state index is -3.66. The van der Waals surface area contributed by atoms with Gasteiger partial charge in [0.2, 0.25) is 0 Å². The van der Waals surface area contributed by atoms with Gasteiger partial charge in [-0.1, -0.05) is 0 Å². The monoisotopic (exact) mass is 318 g/mol. The first-order chi connectivity index (χ1) is 9.62. The molecule has 4 N–H and O–H groups in total. The van der Waals surface area contributed by atoms with Crippen LogP contribution < -0.4 is 10.5 Å². The van der Waals surface area contributed by atoms with Gasteiger partial charge in [-0.3, -0.25) is 9.54 Å². The Kier molecular flexibility index (Phi) is 5.68. The van der Waals surface area contributed by atoms with E-state index in [0.717, 1.165) is 11.3 Å². The van der Waals surface area contributed by atoms with Crippen LogP contribution in [0.25, 0.3) is 0 Å². The molecule has 0 saturated heterocycles. The van der Waals surface area contributed by atoms with Crippen molar-refractivity contribution in [3.63, 3.8) is 0 Å². The molecule has 2 atom stereocenters. The van der Waals surface area contributed by atoms with E-state index in [0.29, 0.717) is 6.54 Å². The predicted octanol–water partition coefficient (Wildman–Crippen LogP) is 0.550. The Bertz CT molecular complexity index is 574. The van der Waals surface area contributed by atoms with Gasteiger partial charge in [0.25, 0.3) is 10.1 Å². The van der Waals surface area contributed by atoms with Crippen LogP contribution in [0.5, 0.6) is 5.75 Å². The van der Waals surface area contributed by atoms with Gasteiger partial charge in [-0.05, 0) is 26.8 Å². The summed E-state index contributed by atoms with van der Waals surface area (Å²) in [5.74, 6) is 0.473. The van der Waals surface area contributed by atoms with E-state index in [9.17, 15) is 13.5 Å². The summed E-state index contributed by atoms with van der Waals surface area (Å²) < 4.78 is 32.6.